The van der Waals surface area contributed by atoms with Gasteiger partial charge in [-0.25, -0.2) is 13.2 Å². The topological polar surface area (TPSA) is 0 Å². The summed E-state index contributed by atoms with van der Waals surface area (Å²) in [5, 5.41) is 0. The number of alkyl halides is 2. The highest BCUT2D eigenvalue weighted by Crippen LogP contribution is 2.27. The van der Waals surface area contributed by atoms with Crippen molar-refractivity contribution in [2.75, 3.05) is 0 Å². The third-order valence-corrected chi connectivity index (χ3v) is 1.92. The first kappa shape index (κ1) is 10.1. The monoisotopic (exact) mass is 188 g/mol. The second kappa shape index (κ2) is 3.81. The van der Waals surface area contributed by atoms with E-state index >= 15 is 0 Å². The molecule has 0 aliphatic rings. The molecule has 0 saturated heterocycles. The van der Waals surface area contributed by atoms with Crippen molar-refractivity contribution in [3.63, 3.8) is 0 Å². The normalized spacial score (nSPS) is 11.3. The Morgan fingerprint density at radius 3 is 2.08 bits per heavy atom. The largest absolute Gasteiger partial charge is 0.266 e. The van der Waals surface area contributed by atoms with Crippen LogP contribution < -0.4 is 0 Å². The van der Waals surface area contributed by atoms with Crippen molar-refractivity contribution in [2.24, 2.45) is 0 Å². The zero-order chi connectivity index (χ0) is 10.0. The average Bonchev–Trinajstić information content (AvgIpc) is 2.03. The molecule has 0 spiro atoms. The maximum atomic E-state index is 13.3. The smallest absolute Gasteiger partial charge is 0.206 e. The van der Waals surface area contributed by atoms with Crippen molar-refractivity contribution in [2.45, 2.75) is 26.2 Å². The predicted molar refractivity (Wildman–Crippen MR) is 45.4 cm³/mol. The highest BCUT2D eigenvalue weighted by Gasteiger charge is 2.16. The number of rotatable bonds is 2. The van der Waals surface area contributed by atoms with E-state index in [9.17, 15) is 13.2 Å². The van der Waals surface area contributed by atoms with E-state index in [1.54, 1.807) is 13.8 Å². The fourth-order valence-corrected chi connectivity index (χ4v) is 1.18. The second-order valence-corrected chi connectivity index (χ2v) is 3.21. The zero-order valence-electron chi connectivity index (χ0n) is 7.52. The minimum absolute atomic E-state index is 0.0706. The third kappa shape index (κ3) is 2.02. The predicted octanol–water partition coefficient (Wildman–Crippen LogP) is 3.89. The summed E-state index contributed by atoms with van der Waals surface area (Å²) in [5.41, 5.74) is -0.163. The van der Waals surface area contributed by atoms with Crippen LogP contribution in [0.4, 0.5) is 13.2 Å². The first-order chi connectivity index (χ1) is 6.04. The van der Waals surface area contributed by atoms with Crippen LogP contribution in [0.15, 0.2) is 18.2 Å². The Labute approximate surface area is 75.4 Å². The summed E-state index contributed by atoms with van der Waals surface area (Å²) in [5.74, 6) is -0.841. The SMILES string of the molecule is CC(C)c1cccc(C(F)F)c1F. The van der Waals surface area contributed by atoms with Gasteiger partial charge in [-0.3, -0.25) is 0 Å². The molecular formula is C10H11F3. The van der Waals surface area contributed by atoms with Gasteiger partial charge in [0, 0.05) is 0 Å². The van der Waals surface area contributed by atoms with Crippen LogP contribution in [0.25, 0.3) is 0 Å². The van der Waals surface area contributed by atoms with Crippen LogP contribution >= 0.6 is 0 Å². The fourth-order valence-electron chi connectivity index (χ4n) is 1.18. The molecule has 0 N–H and O–H groups in total. The molecule has 0 amide bonds. The molecule has 0 heterocycles. The van der Waals surface area contributed by atoms with Gasteiger partial charge in [0.15, 0.2) is 0 Å². The summed E-state index contributed by atoms with van der Waals surface area (Å²) in [6.07, 6.45) is -2.74. The van der Waals surface area contributed by atoms with Crippen LogP contribution in [-0.2, 0) is 0 Å². The molecule has 1 aromatic rings. The van der Waals surface area contributed by atoms with Crippen LogP contribution in [0.3, 0.4) is 0 Å². The molecule has 1 rings (SSSR count). The van der Waals surface area contributed by atoms with Crippen molar-refractivity contribution in [1.29, 1.82) is 0 Å². The van der Waals surface area contributed by atoms with Crippen LogP contribution in [0, 0.1) is 5.82 Å². The van der Waals surface area contributed by atoms with Gasteiger partial charge in [-0.05, 0) is 11.5 Å². The molecule has 3 heteroatoms. The maximum Gasteiger partial charge on any atom is 0.266 e. The van der Waals surface area contributed by atoms with Gasteiger partial charge in [-0.15, -0.1) is 0 Å². The molecule has 0 bridgehead atoms. The molecule has 0 radical (unpaired) electrons. The van der Waals surface area contributed by atoms with Gasteiger partial charge in [0.1, 0.15) is 5.82 Å². The van der Waals surface area contributed by atoms with E-state index in [0.717, 1.165) is 6.07 Å². The molecule has 0 aliphatic carbocycles. The Bertz CT molecular complexity index is 266. The molecule has 13 heavy (non-hydrogen) atoms. The van der Waals surface area contributed by atoms with Crippen molar-refractivity contribution in [3.8, 4) is 0 Å². The molecule has 0 unspecified atom stereocenters. The lowest BCUT2D eigenvalue weighted by Gasteiger charge is -2.09. The Kier molecular flexibility index (Phi) is 2.96. The van der Waals surface area contributed by atoms with Crippen LogP contribution in [-0.4, -0.2) is 0 Å². The Morgan fingerprint density at radius 2 is 1.62 bits per heavy atom. The van der Waals surface area contributed by atoms with Gasteiger partial charge < -0.3 is 0 Å². The van der Waals surface area contributed by atoms with E-state index in [-0.39, 0.29) is 5.92 Å². The first-order valence-electron chi connectivity index (χ1n) is 4.10. The molecule has 0 nitrogen and oxygen atoms in total. The van der Waals surface area contributed by atoms with Gasteiger partial charge in [0.2, 0.25) is 0 Å². The lowest BCUT2D eigenvalue weighted by Crippen LogP contribution is -1.98. The lowest BCUT2D eigenvalue weighted by molar-refractivity contribution is 0.146. The van der Waals surface area contributed by atoms with Gasteiger partial charge in [0.25, 0.3) is 6.43 Å². The van der Waals surface area contributed by atoms with E-state index in [4.69, 9.17) is 0 Å². The summed E-state index contributed by atoms with van der Waals surface area (Å²) in [4.78, 5) is 0. The Balaban J connectivity index is 3.18. The molecule has 0 saturated carbocycles. The minimum atomic E-state index is -2.74. The molecule has 0 fully saturated rings. The molecule has 0 aliphatic heterocycles. The summed E-state index contributed by atoms with van der Waals surface area (Å²) in [6.45, 7) is 3.54. The minimum Gasteiger partial charge on any atom is -0.206 e. The zero-order valence-corrected chi connectivity index (χ0v) is 7.52. The number of hydrogen-bond donors (Lipinski definition) is 0. The van der Waals surface area contributed by atoms with Crippen LogP contribution in [0.5, 0.6) is 0 Å². The Morgan fingerprint density at radius 1 is 1.08 bits per heavy atom. The maximum absolute atomic E-state index is 13.3. The summed E-state index contributed by atoms with van der Waals surface area (Å²) in [6, 6.07) is 4.11. The van der Waals surface area contributed by atoms with E-state index in [1.807, 2.05) is 0 Å². The van der Waals surface area contributed by atoms with E-state index in [1.165, 1.54) is 12.1 Å². The highest BCUT2D eigenvalue weighted by atomic mass is 19.3. The molecule has 0 atom stereocenters. The van der Waals surface area contributed by atoms with E-state index < -0.39 is 17.8 Å². The quantitative estimate of drug-likeness (QED) is 0.660. The first-order valence-corrected chi connectivity index (χ1v) is 4.10. The molecule has 1 aromatic carbocycles. The van der Waals surface area contributed by atoms with E-state index in [0.29, 0.717) is 5.56 Å². The lowest BCUT2D eigenvalue weighted by atomic mass is 10.00. The third-order valence-electron chi connectivity index (χ3n) is 1.92. The molecular weight excluding hydrogens is 177 g/mol. The van der Waals surface area contributed by atoms with Crippen LogP contribution in [0.1, 0.15) is 37.3 Å². The van der Waals surface area contributed by atoms with Crippen molar-refractivity contribution < 1.29 is 13.2 Å². The molecule has 0 aromatic heterocycles. The standard InChI is InChI=1S/C10H11F3/c1-6(2)7-4-3-5-8(9(7)11)10(12)13/h3-6,10H,1-2H3. The van der Waals surface area contributed by atoms with Gasteiger partial charge in [0.05, 0.1) is 5.56 Å². The van der Waals surface area contributed by atoms with Crippen molar-refractivity contribution in [3.05, 3.63) is 35.1 Å². The highest BCUT2D eigenvalue weighted by molar-refractivity contribution is 5.28. The van der Waals surface area contributed by atoms with E-state index in [2.05, 4.69) is 0 Å². The Hall–Kier alpha value is -0.990. The molecule has 72 valence electrons. The van der Waals surface area contributed by atoms with Gasteiger partial charge in [-0.1, -0.05) is 32.0 Å². The number of hydrogen-bond acceptors (Lipinski definition) is 0. The summed E-state index contributed by atoms with van der Waals surface area (Å²) >= 11 is 0. The van der Waals surface area contributed by atoms with Crippen LogP contribution in [0.2, 0.25) is 0 Å². The fraction of sp³-hybridized carbons (Fsp3) is 0.400. The number of benzene rings is 1. The second-order valence-electron chi connectivity index (χ2n) is 3.21. The average molecular weight is 188 g/mol. The summed E-state index contributed by atoms with van der Waals surface area (Å²) < 4.78 is 37.8. The van der Waals surface area contributed by atoms with Crippen molar-refractivity contribution >= 4 is 0 Å². The van der Waals surface area contributed by atoms with Gasteiger partial charge >= 0.3 is 0 Å². The van der Waals surface area contributed by atoms with Gasteiger partial charge in [-0.2, -0.15) is 0 Å². The summed E-state index contributed by atoms with van der Waals surface area (Å²) in [7, 11) is 0. The number of halogens is 3. The van der Waals surface area contributed by atoms with Crippen molar-refractivity contribution in [1.82, 2.24) is 0 Å².